The van der Waals surface area contributed by atoms with Crippen molar-refractivity contribution in [3.8, 4) is 22.4 Å². The molecule has 3 atom stereocenters. The number of nitrogens with one attached hydrogen (secondary N) is 1. The number of hydrogen-bond donors (Lipinski definition) is 1. The van der Waals surface area contributed by atoms with Gasteiger partial charge in [-0.25, -0.2) is 4.39 Å². The van der Waals surface area contributed by atoms with E-state index >= 15 is 0 Å². The molecule has 1 aliphatic heterocycles. The van der Waals surface area contributed by atoms with Gasteiger partial charge in [-0.15, -0.1) is 0 Å². The zero-order chi connectivity index (χ0) is 28.9. The number of benzene rings is 3. The first-order chi connectivity index (χ1) is 19.9. The van der Waals surface area contributed by atoms with E-state index in [-0.39, 0.29) is 30.0 Å². The average molecular weight is 555 g/mol. The fourth-order valence-electron chi connectivity index (χ4n) is 6.02. The van der Waals surface area contributed by atoms with Crippen molar-refractivity contribution in [3.05, 3.63) is 102 Å². The van der Waals surface area contributed by atoms with Gasteiger partial charge in [-0.2, -0.15) is 0 Å². The Labute approximate surface area is 242 Å². The molecule has 1 aromatic heterocycles. The molecule has 1 N–H and O–H groups in total. The van der Waals surface area contributed by atoms with Crippen molar-refractivity contribution in [2.75, 3.05) is 12.4 Å². The fraction of sp³-hybridized carbons (Fsp3) is 0.343. The molecule has 5 rings (SSSR count). The van der Waals surface area contributed by atoms with E-state index in [1.165, 1.54) is 12.1 Å². The predicted molar refractivity (Wildman–Crippen MR) is 162 cm³/mol. The summed E-state index contributed by atoms with van der Waals surface area (Å²) in [6.07, 6.45) is 2.43. The minimum absolute atomic E-state index is 0.0361. The number of methoxy groups -OCH3 is 1. The first-order valence-electron chi connectivity index (χ1n) is 14.5. The number of carbonyl (C=O) groups excluding carboxylic acids is 1. The van der Waals surface area contributed by atoms with E-state index in [1.807, 2.05) is 60.7 Å². The van der Waals surface area contributed by atoms with E-state index in [0.717, 1.165) is 53.0 Å². The number of hydrogen-bond acceptors (Lipinski definition) is 3. The van der Waals surface area contributed by atoms with Gasteiger partial charge < -0.3 is 19.4 Å². The van der Waals surface area contributed by atoms with Crippen LogP contribution in [-0.2, 0) is 16.0 Å². The van der Waals surface area contributed by atoms with Gasteiger partial charge in [-0.3, -0.25) is 4.79 Å². The van der Waals surface area contributed by atoms with Crippen LogP contribution in [0.3, 0.4) is 0 Å². The van der Waals surface area contributed by atoms with Gasteiger partial charge in [0, 0.05) is 37.0 Å². The highest BCUT2D eigenvalue weighted by molar-refractivity contribution is 6.12. The third kappa shape index (κ3) is 6.45. The maximum Gasteiger partial charge on any atom is 0.258 e. The van der Waals surface area contributed by atoms with Crippen LogP contribution < -0.4 is 5.32 Å². The van der Waals surface area contributed by atoms with Crippen molar-refractivity contribution in [2.24, 2.45) is 5.92 Å². The molecule has 1 amide bonds. The van der Waals surface area contributed by atoms with Gasteiger partial charge in [-0.1, -0.05) is 69.3 Å². The zero-order valence-electron chi connectivity index (χ0n) is 24.3. The van der Waals surface area contributed by atoms with Crippen LogP contribution in [-0.4, -0.2) is 30.0 Å². The molecule has 6 heteroatoms. The van der Waals surface area contributed by atoms with Crippen molar-refractivity contribution in [2.45, 2.75) is 64.9 Å². The molecule has 0 saturated carbocycles. The molecule has 214 valence electrons. The second-order valence-electron chi connectivity index (χ2n) is 11.3. The average Bonchev–Trinajstić information content (AvgIpc) is 3.33. The number of rotatable bonds is 9. The third-order valence-corrected chi connectivity index (χ3v) is 7.83. The summed E-state index contributed by atoms with van der Waals surface area (Å²) in [7, 11) is 1.69. The van der Waals surface area contributed by atoms with E-state index in [4.69, 9.17) is 9.47 Å². The van der Waals surface area contributed by atoms with Gasteiger partial charge in [0.15, 0.2) is 6.29 Å². The summed E-state index contributed by atoms with van der Waals surface area (Å²) < 4.78 is 28.2. The molecule has 1 saturated heterocycles. The normalized spacial score (nSPS) is 18.9. The van der Waals surface area contributed by atoms with Crippen molar-refractivity contribution < 1.29 is 18.7 Å². The van der Waals surface area contributed by atoms with Crippen LogP contribution in [0.15, 0.2) is 84.9 Å². The highest BCUT2D eigenvalue weighted by Gasteiger charge is 2.32. The third-order valence-electron chi connectivity index (χ3n) is 7.83. The Kier molecular flexibility index (Phi) is 9.01. The molecule has 0 aliphatic carbocycles. The summed E-state index contributed by atoms with van der Waals surface area (Å²) in [6, 6.07) is 26.1. The summed E-state index contributed by atoms with van der Waals surface area (Å²) in [5.41, 5.74) is 5.88. The van der Waals surface area contributed by atoms with Crippen molar-refractivity contribution in [1.29, 1.82) is 0 Å². The number of nitrogens with zero attached hydrogens (tertiary/aromatic N) is 1. The summed E-state index contributed by atoms with van der Waals surface area (Å²) >= 11 is 0. The van der Waals surface area contributed by atoms with Gasteiger partial charge in [0.25, 0.3) is 5.91 Å². The molecule has 1 unspecified atom stereocenters. The number of ether oxygens (including phenoxy) is 2. The molecule has 3 aromatic carbocycles. The van der Waals surface area contributed by atoms with Gasteiger partial charge in [-0.05, 0) is 72.2 Å². The van der Waals surface area contributed by atoms with E-state index in [2.05, 4.69) is 30.7 Å². The zero-order valence-corrected chi connectivity index (χ0v) is 24.3. The Morgan fingerprint density at radius 3 is 2.27 bits per heavy atom. The van der Waals surface area contributed by atoms with Crippen LogP contribution in [0.2, 0.25) is 0 Å². The molecule has 2 heterocycles. The Balaban J connectivity index is 1.69. The molecule has 5 nitrogen and oxygen atoms in total. The van der Waals surface area contributed by atoms with Crippen molar-refractivity contribution >= 4 is 11.6 Å². The smallest absolute Gasteiger partial charge is 0.258 e. The number of carbonyl (C=O) groups is 1. The summed E-state index contributed by atoms with van der Waals surface area (Å²) in [5, 5.41) is 3.14. The van der Waals surface area contributed by atoms with E-state index in [0.29, 0.717) is 18.0 Å². The van der Waals surface area contributed by atoms with Crippen LogP contribution >= 0.6 is 0 Å². The standard InChI is InChI=1S/C35H39FN2O3/c1-23(2)33-32(35(39)37-28-13-9-6-10-14-28)31(25-11-7-5-8-12-25)34(26-15-17-27(36)18-16-26)38(33)20-19-29-21-24(3)22-30(40-4)41-29/h5-18,23-24,29-30H,19-22H2,1-4H3,(H,37,39)/t24-,29?,30-/m1/s1. The van der Waals surface area contributed by atoms with Gasteiger partial charge in [0.1, 0.15) is 5.82 Å². The lowest BCUT2D eigenvalue weighted by Crippen LogP contribution is -2.33. The van der Waals surface area contributed by atoms with Crippen LogP contribution in [0.4, 0.5) is 10.1 Å². The number of amides is 1. The molecule has 1 aliphatic rings. The monoisotopic (exact) mass is 554 g/mol. The summed E-state index contributed by atoms with van der Waals surface area (Å²) in [5.74, 6) is 0.0787. The second-order valence-corrected chi connectivity index (χ2v) is 11.3. The van der Waals surface area contributed by atoms with Crippen LogP contribution in [0, 0.1) is 11.7 Å². The van der Waals surface area contributed by atoms with Gasteiger partial charge >= 0.3 is 0 Å². The lowest BCUT2D eigenvalue weighted by Gasteiger charge is -2.33. The lowest BCUT2D eigenvalue weighted by molar-refractivity contribution is -0.193. The first kappa shape index (κ1) is 28.8. The molecule has 0 spiro atoms. The SMILES string of the molecule is CO[C@H]1C[C@H](C)CC(CCn2c(-c3ccc(F)cc3)c(-c3ccccc3)c(C(=O)Nc3ccccc3)c2C(C)C)O1. The highest BCUT2D eigenvalue weighted by atomic mass is 19.1. The molecule has 1 fully saturated rings. The topological polar surface area (TPSA) is 52.5 Å². The Morgan fingerprint density at radius 1 is 0.976 bits per heavy atom. The molecule has 4 aromatic rings. The number of para-hydroxylation sites is 1. The van der Waals surface area contributed by atoms with Crippen LogP contribution in [0.25, 0.3) is 22.4 Å². The first-order valence-corrected chi connectivity index (χ1v) is 14.5. The second kappa shape index (κ2) is 12.8. The van der Waals surface area contributed by atoms with Crippen molar-refractivity contribution in [1.82, 2.24) is 4.57 Å². The number of halogens is 1. The van der Waals surface area contributed by atoms with E-state index < -0.39 is 0 Å². The largest absolute Gasteiger partial charge is 0.356 e. The number of aromatic nitrogens is 1. The molecule has 41 heavy (non-hydrogen) atoms. The maximum atomic E-state index is 14.2. The quantitative estimate of drug-likeness (QED) is 0.226. The molecule has 0 radical (unpaired) electrons. The molecule has 0 bridgehead atoms. The van der Waals surface area contributed by atoms with Gasteiger partial charge in [0.05, 0.1) is 17.4 Å². The van der Waals surface area contributed by atoms with Gasteiger partial charge in [0.2, 0.25) is 0 Å². The Hall–Kier alpha value is -3.74. The summed E-state index contributed by atoms with van der Waals surface area (Å²) in [4.78, 5) is 14.2. The van der Waals surface area contributed by atoms with E-state index in [1.54, 1.807) is 19.2 Å². The highest BCUT2D eigenvalue weighted by Crippen LogP contribution is 2.43. The van der Waals surface area contributed by atoms with Crippen molar-refractivity contribution in [3.63, 3.8) is 0 Å². The van der Waals surface area contributed by atoms with E-state index in [9.17, 15) is 9.18 Å². The summed E-state index contributed by atoms with van der Waals surface area (Å²) in [6.45, 7) is 7.12. The van der Waals surface area contributed by atoms with Crippen LogP contribution in [0.1, 0.15) is 62.0 Å². The Morgan fingerprint density at radius 2 is 1.63 bits per heavy atom. The van der Waals surface area contributed by atoms with Crippen LogP contribution in [0.5, 0.6) is 0 Å². The fourth-order valence-corrected chi connectivity index (χ4v) is 6.02. The Bertz CT molecular complexity index is 1450. The predicted octanol–water partition coefficient (Wildman–Crippen LogP) is 8.51. The maximum absolute atomic E-state index is 14.2. The molecular formula is C35H39FN2O3. The minimum Gasteiger partial charge on any atom is -0.356 e. The number of anilines is 1. The molecular weight excluding hydrogens is 515 g/mol. The minimum atomic E-state index is -0.297. The lowest BCUT2D eigenvalue weighted by atomic mass is 9.94.